The van der Waals surface area contributed by atoms with E-state index in [1.165, 1.54) is 0 Å². The highest BCUT2D eigenvalue weighted by atomic mass is 35.5. The molecular weight excluding hydrogens is 398 g/mol. The van der Waals surface area contributed by atoms with Crippen molar-refractivity contribution in [3.63, 3.8) is 0 Å². The number of aryl methyl sites for hydroxylation is 1. The number of nitrogens with zero attached hydrogens (tertiary/aromatic N) is 1. The predicted octanol–water partition coefficient (Wildman–Crippen LogP) is 6.33. The molecule has 0 atom stereocenters. The minimum atomic E-state index is -0.331. The van der Waals surface area contributed by atoms with Crippen molar-refractivity contribution in [1.82, 2.24) is 4.98 Å². The third-order valence-electron chi connectivity index (χ3n) is 5.01. The number of benzene rings is 2. The molecule has 30 heavy (non-hydrogen) atoms. The van der Waals surface area contributed by atoms with Gasteiger partial charge < -0.3 is 15.5 Å². The highest BCUT2D eigenvalue weighted by Crippen LogP contribution is 2.28. The van der Waals surface area contributed by atoms with Crippen molar-refractivity contribution in [2.24, 2.45) is 0 Å². The van der Waals surface area contributed by atoms with Crippen LogP contribution in [0.4, 0.5) is 11.4 Å². The summed E-state index contributed by atoms with van der Waals surface area (Å²) in [6.45, 7) is 2.15. The Balaban J connectivity index is 1.52. The van der Waals surface area contributed by atoms with E-state index in [0.717, 1.165) is 47.0 Å². The number of rotatable bonds is 6. The Morgan fingerprint density at radius 1 is 1.13 bits per heavy atom. The van der Waals surface area contributed by atoms with E-state index in [4.69, 9.17) is 21.8 Å². The molecule has 6 heteroatoms. The maximum atomic E-state index is 12.6. The number of anilines is 2. The van der Waals surface area contributed by atoms with Gasteiger partial charge in [-0.1, -0.05) is 24.9 Å². The van der Waals surface area contributed by atoms with Crippen molar-refractivity contribution in [3.05, 3.63) is 77.1 Å². The van der Waals surface area contributed by atoms with Gasteiger partial charge in [0.2, 0.25) is 0 Å². The van der Waals surface area contributed by atoms with Crippen molar-refractivity contribution in [1.29, 1.82) is 0 Å². The summed E-state index contributed by atoms with van der Waals surface area (Å²) in [7, 11) is 0. The summed E-state index contributed by atoms with van der Waals surface area (Å²) in [5.41, 5.74) is 10.4. The van der Waals surface area contributed by atoms with Crippen LogP contribution >= 0.6 is 11.6 Å². The zero-order chi connectivity index (χ0) is 21.1. The maximum absolute atomic E-state index is 12.6. The van der Waals surface area contributed by atoms with Gasteiger partial charge >= 0.3 is 0 Å². The van der Waals surface area contributed by atoms with E-state index in [1.807, 2.05) is 36.5 Å². The summed E-state index contributed by atoms with van der Waals surface area (Å²) < 4.78 is 5.71. The summed E-state index contributed by atoms with van der Waals surface area (Å²) in [6, 6.07) is 16.2. The van der Waals surface area contributed by atoms with Gasteiger partial charge in [-0.25, -0.2) is 0 Å². The van der Waals surface area contributed by atoms with Gasteiger partial charge in [0.25, 0.3) is 5.91 Å². The number of amides is 1. The SMILES string of the molecule is CCCCc1cnc2cc(NC(=O)c3ccc(-c4ccc(Cl)cc4)o3)ccc2c1N. The molecule has 3 N–H and O–H groups in total. The Hall–Kier alpha value is -3.31. The molecule has 0 aliphatic heterocycles. The monoisotopic (exact) mass is 419 g/mol. The van der Waals surface area contributed by atoms with Crippen molar-refractivity contribution < 1.29 is 9.21 Å². The van der Waals surface area contributed by atoms with Crippen molar-refractivity contribution in [3.8, 4) is 11.3 Å². The lowest BCUT2D eigenvalue weighted by molar-refractivity contribution is 0.0997. The summed E-state index contributed by atoms with van der Waals surface area (Å²) in [4.78, 5) is 17.1. The highest BCUT2D eigenvalue weighted by Gasteiger charge is 2.14. The van der Waals surface area contributed by atoms with Crippen LogP contribution in [0.3, 0.4) is 0 Å². The van der Waals surface area contributed by atoms with Crippen LogP contribution in [0.5, 0.6) is 0 Å². The average Bonchev–Trinajstić information content (AvgIpc) is 3.24. The molecule has 0 unspecified atom stereocenters. The normalized spacial score (nSPS) is 11.0. The van der Waals surface area contributed by atoms with E-state index in [1.54, 1.807) is 24.3 Å². The van der Waals surface area contributed by atoms with E-state index in [0.29, 0.717) is 16.5 Å². The molecule has 4 rings (SSSR count). The van der Waals surface area contributed by atoms with Gasteiger partial charge in [0.05, 0.1) is 5.52 Å². The Morgan fingerprint density at radius 2 is 1.93 bits per heavy atom. The Morgan fingerprint density at radius 3 is 2.70 bits per heavy atom. The number of nitrogens with one attached hydrogen (secondary N) is 1. The lowest BCUT2D eigenvalue weighted by atomic mass is 10.0. The summed E-state index contributed by atoms with van der Waals surface area (Å²) in [5.74, 6) is 0.494. The second-order valence-corrected chi connectivity index (χ2v) is 7.59. The molecule has 4 aromatic rings. The fourth-order valence-corrected chi connectivity index (χ4v) is 3.45. The summed E-state index contributed by atoms with van der Waals surface area (Å²) >= 11 is 5.92. The molecule has 0 spiro atoms. The first kappa shape index (κ1) is 20.0. The van der Waals surface area contributed by atoms with Crippen molar-refractivity contribution >= 4 is 39.8 Å². The second-order valence-electron chi connectivity index (χ2n) is 7.16. The smallest absolute Gasteiger partial charge is 0.291 e. The molecule has 0 saturated carbocycles. The fourth-order valence-electron chi connectivity index (χ4n) is 3.32. The maximum Gasteiger partial charge on any atom is 0.291 e. The Labute approximate surface area is 179 Å². The van der Waals surface area contributed by atoms with Crippen LogP contribution in [0.1, 0.15) is 35.9 Å². The van der Waals surface area contributed by atoms with Crippen LogP contribution in [-0.2, 0) is 6.42 Å². The Bertz CT molecular complexity index is 1200. The van der Waals surface area contributed by atoms with Gasteiger partial charge in [-0.15, -0.1) is 0 Å². The number of hydrogen-bond donors (Lipinski definition) is 2. The van der Waals surface area contributed by atoms with Gasteiger partial charge in [0, 0.05) is 33.5 Å². The number of hydrogen-bond acceptors (Lipinski definition) is 4. The van der Waals surface area contributed by atoms with E-state index < -0.39 is 0 Å². The molecule has 1 amide bonds. The lowest BCUT2D eigenvalue weighted by Crippen LogP contribution is -2.10. The number of carbonyl (C=O) groups is 1. The van der Waals surface area contributed by atoms with E-state index in [9.17, 15) is 4.79 Å². The minimum Gasteiger partial charge on any atom is -0.451 e. The molecule has 0 aliphatic carbocycles. The van der Waals surface area contributed by atoms with E-state index in [-0.39, 0.29) is 11.7 Å². The highest BCUT2D eigenvalue weighted by molar-refractivity contribution is 6.30. The molecule has 0 bridgehead atoms. The zero-order valence-electron chi connectivity index (χ0n) is 16.6. The number of furan rings is 1. The van der Waals surface area contributed by atoms with Crippen molar-refractivity contribution in [2.45, 2.75) is 26.2 Å². The molecule has 5 nitrogen and oxygen atoms in total. The third-order valence-corrected chi connectivity index (χ3v) is 5.26. The number of halogens is 1. The lowest BCUT2D eigenvalue weighted by Gasteiger charge is -2.10. The van der Waals surface area contributed by atoms with Crippen LogP contribution in [-0.4, -0.2) is 10.9 Å². The van der Waals surface area contributed by atoms with Crippen LogP contribution < -0.4 is 11.1 Å². The first-order valence-corrected chi connectivity index (χ1v) is 10.3. The molecule has 2 aromatic carbocycles. The average molecular weight is 420 g/mol. The summed E-state index contributed by atoms with van der Waals surface area (Å²) in [6.07, 6.45) is 4.92. The molecule has 152 valence electrons. The van der Waals surface area contributed by atoms with Gasteiger partial charge in [-0.05, 0) is 73.0 Å². The number of carbonyl (C=O) groups excluding carboxylic acids is 1. The number of unbranched alkanes of at least 4 members (excludes halogenated alkanes) is 1. The topological polar surface area (TPSA) is 81.2 Å². The van der Waals surface area contributed by atoms with E-state index >= 15 is 0 Å². The van der Waals surface area contributed by atoms with Gasteiger partial charge in [0.1, 0.15) is 5.76 Å². The molecule has 0 saturated heterocycles. The second kappa shape index (κ2) is 8.59. The number of nitrogens with two attached hydrogens (primary N) is 1. The number of nitrogen functional groups attached to an aromatic ring is 1. The third kappa shape index (κ3) is 4.16. The molecule has 2 aromatic heterocycles. The largest absolute Gasteiger partial charge is 0.451 e. The standard InChI is InChI=1S/C24H22ClN3O2/c1-2-3-4-16-14-27-20-13-18(9-10-19(20)23(16)26)28-24(29)22-12-11-21(30-22)15-5-7-17(25)8-6-15/h5-14H,2-4H2,1H3,(H2,26,27)(H,28,29). The fraction of sp³-hybridized carbons (Fsp3) is 0.167. The first-order chi connectivity index (χ1) is 14.5. The first-order valence-electron chi connectivity index (χ1n) is 9.89. The van der Waals surface area contributed by atoms with Crippen molar-refractivity contribution in [2.75, 3.05) is 11.1 Å². The molecular formula is C24H22ClN3O2. The predicted molar refractivity (Wildman–Crippen MR) is 122 cm³/mol. The van der Waals surface area contributed by atoms with Crippen LogP contribution in [0.15, 0.2) is 65.2 Å². The number of aromatic nitrogens is 1. The van der Waals surface area contributed by atoms with Crippen LogP contribution in [0, 0.1) is 0 Å². The minimum absolute atomic E-state index is 0.224. The zero-order valence-corrected chi connectivity index (χ0v) is 17.4. The molecule has 0 aliphatic rings. The molecule has 0 radical (unpaired) electrons. The van der Waals surface area contributed by atoms with Gasteiger partial charge in [0.15, 0.2) is 5.76 Å². The molecule has 0 fully saturated rings. The van der Waals surface area contributed by atoms with Gasteiger partial charge in [-0.3, -0.25) is 9.78 Å². The number of pyridine rings is 1. The Kier molecular flexibility index (Phi) is 5.72. The van der Waals surface area contributed by atoms with Gasteiger partial charge in [-0.2, -0.15) is 0 Å². The van der Waals surface area contributed by atoms with Crippen LogP contribution in [0.2, 0.25) is 5.02 Å². The summed E-state index contributed by atoms with van der Waals surface area (Å²) in [5, 5.41) is 4.40. The molecule has 2 heterocycles. The quantitative estimate of drug-likeness (QED) is 0.383. The van der Waals surface area contributed by atoms with E-state index in [2.05, 4.69) is 17.2 Å². The van der Waals surface area contributed by atoms with Crippen LogP contribution in [0.25, 0.3) is 22.2 Å². The number of fused-ring (bicyclic) bond motifs is 1.